The van der Waals surface area contributed by atoms with Gasteiger partial charge in [-0.2, -0.15) is 0 Å². The lowest BCUT2D eigenvalue weighted by Crippen LogP contribution is -2.09. The number of hydrogen-bond acceptors (Lipinski definition) is 4. The lowest BCUT2D eigenvalue weighted by atomic mass is 10.0. The zero-order valence-electron chi connectivity index (χ0n) is 13.6. The van der Waals surface area contributed by atoms with Gasteiger partial charge in [-0.15, -0.1) is 0 Å². The molecule has 0 atom stereocenters. The van der Waals surface area contributed by atoms with Crippen molar-refractivity contribution in [2.75, 3.05) is 10.6 Å². The third-order valence-corrected chi connectivity index (χ3v) is 3.52. The van der Waals surface area contributed by atoms with E-state index in [1.807, 2.05) is 42.5 Å². The summed E-state index contributed by atoms with van der Waals surface area (Å²) >= 11 is 0. The summed E-state index contributed by atoms with van der Waals surface area (Å²) in [4.78, 5) is 31.1. The topological polar surface area (TPSA) is 84.0 Å². The number of nitrogens with one attached hydrogen (secondary N) is 2. The maximum absolute atomic E-state index is 11.4. The highest BCUT2D eigenvalue weighted by atomic mass is 16.2. The second kappa shape index (κ2) is 6.92. The monoisotopic (exact) mass is 332 g/mol. The van der Waals surface area contributed by atoms with Crippen molar-refractivity contribution >= 4 is 34.4 Å². The molecule has 6 nitrogen and oxygen atoms in total. The molecule has 2 N–H and O–H groups in total. The maximum Gasteiger partial charge on any atom is 0.247 e. The van der Waals surface area contributed by atoms with Crippen molar-refractivity contribution < 1.29 is 9.59 Å². The normalized spacial score (nSPS) is 10.3. The Morgan fingerprint density at radius 1 is 1.08 bits per heavy atom. The van der Waals surface area contributed by atoms with Crippen LogP contribution in [0.15, 0.2) is 61.3 Å². The van der Waals surface area contributed by atoms with Crippen molar-refractivity contribution in [1.29, 1.82) is 0 Å². The third kappa shape index (κ3) is 3.87. The van der Waals surface area contributed by atoms with Crippen molar-refractivity contribution in [2.24, 2.45) is 0 Å². The van der Waals surface area contributed by atoms with Crippen LogP contribution in [-0.2, 0) is 9.59 Å². The predicted octanol–water partition coefficient (Wildman–Crippen LogP) is 3.38. The molecule has 6 heteroatoms. The molecule has 0 aliphatic heterocycles. The Hall–Kier alpha value is -3.54. The van der Waals surface area contributed by atoms with Gasteiger partial charge in [0.15, 0.2) is 0 Å². The Bertz CT molecular complexity index is 982. The van der Waals surface area contributed by atoms with Crippen LogP contribution in [0.2, 0.25) is 0 Å². The van der Waals surface area contributed by atoms with Gasteiger partial charge in [-0.05, 0) is 35.4 Å². The fourth-order valence-corrected chi connectivity index (χ4v) is 2.39. The number of benzene rings is 2. The van der Waals surface area contributed by atoms with E-state index in [0.29, 0.717) is 5.69 Å². The Kier molecular flexibility index (Phi) is 4.52. The fourth-order valence-electron chi connectivity index (χ4n) is 2.39. The number of fused-ring (bicyclic) bond motifs is 1. The Morgan fingerprint density at radius 2 is 1.88 bits per heavy atom. The quantitative estimate of drug-likeness (QED) is 0.717. The van der Waals surface area contributed by atoms with E-state index in [1.165, 1.54) is 13.0 Å². The maximum atomic E-state index is 11.4. The van der Waals surface area contributed by atoms with Crippen molar-refractivity contribution in [2.45, 2.75) is 6.92 Å². The lowest BCUT2D eigenvalue weighted by Gasteiger charge is -2.08. The van der Waals surface area contributed by atoms with Crippen molar-refractivity contribution in [3.05, 3.63) is 61.3 Å². The van der Waals surface area contributed by atoms with Gasteiger partial charge in [-0.25, -0.2) is 9.97 Å². The van der Waals surface area contributed by atoms with Crippen molar-refractivity contribution in [1.82, 2.24) is 9.97 Å². The molecule has 0 bridgehead atoms. The molecule has 1 heterocycles. The third-order valence-electron chi connectivity index (χ3n) is 3.52. The van der Waals surface area contributed by atoms with Crippen LogP contribution in [-0.4, -0.2) is 21.8 Å². The standard InChI is InChI=1S/C19H16N4O2/c1-3-18(25)22-16-6-4-5-13(9-16)14-7-8-15-11-20-19(21-12(2)24)23-17(15)10-14/h3-11H,1H2,2H3,(H,22,25)(H,20,21,23,24). The van der Waals surface area contributed by atoms with Crippen LogP contribution in [0.1, 0.15) is 6.92 Å². The molecule has 0 spiro atoms. The van der Waals surface area contributed by atoms with E-state index in [1.54, 1.807) is 6.20 Å². The summed E-state index contributed by atoms with van der Waals surface area (Å²) < 4.78 is 0. The molecule has 0 aliphatic rings. The van der Waals surface area contributed by atoms with Gasteiger partial charge in [0, 0.05) is 24.2 Å². The number of amides is 2. The molecule has 3 aromatic rings. The average Bonchev–Trinajstić information content (AvgIpc) is 2.60. The van der Waals surface area contributed by atoms with E-state index in [0.717, 1.165) is 22.0 Å². The first-order valence-electron chi connectivity index (χ1n) is 7.63. The van der Waals surface area contributed by atoms with Gasteiger partial charge in [0.25, 0.3) is 0 Å². The molecule has 124 valence electrons. The Labute approximate surface area is 144 Å². The van der Waals surface area contributed by atoms with Gasteiger partial charge in [0.1, 0.15) is 0 Å². The molecular formula is C19H16N4O2. The molecule has 0 fully saturated rings. The van der Waals surface area contributed by atoms with Gasteiger partial charge < -0.3 is 5.32 Å². The number of rotatable bonds is 4. The van der Waals surface area contributed by atoms with Crippen LogP contribution in [0, 0.1) is 0 Å². The summed E-state index contributed by atoms with van der Waals surface area (Å²) in [5, 5.41) is 6.18. The minimum atomic E-state index is -0.261. The fraction of sp³-hybridized carbons (Fsp3) is 0.0526. The summed E-state index contributed by atoms with van der Waals surface area (Å²) in [7, 11) is 0. The zero-order chi connectivity index (χ0) is 17.8. The highest BCUT2D eigenvalue weighted by Gasteiger charge is 2.06. The summed E-state index contributed by atoms with van der Waals surface area (Å²) in [6.45, 7) is 4.85. The molecule has 0 aliphatic carbocycles. The number of anilines is 2. The Morgan fingerprint density at radius 3 is 2.64 bits per heavy atom. The molecule has 0 unspecified atom stereocenters. The van der Waals surface area contributed by atoms with Gasteiger partial charge >= 0.3 is 0 Å². The van der Waals surface area contributed by atoms with E-state index < -0.39 is 0 Å². The van der Waals surface area contributed by atoms with Crippen LogP contribution in [0.5, 0.6) is 0 Å². The van der Waals surface area contributed by atoms with Crippen LogP contribution < -0.4 is 10.6 Å². The largest absolute Gasteiger partial charge is 0.323 e. The molecule has 25 heavy (non-hydrogen) atoms. The molecule has 1 aromatic heterocycles. The van der Waals surface area contributed by atoms with Gasteiger partial charge in [0.2, 0.25) is 17.8 Å². The number of aromatic nitrogens is 2. The number of nitrogens with zero attached hydrogens (tertiary/aromatic N) is 2. The zero-order valence-corrected chi connectivity index (χ0v) is 13.6. The van der Waals surface area contributed by atoms with E-state index in [4.69, 9.17) is 0 Å². The summed E-state index contributed by atoms with van der Waals surface area (Å²) in [5.41, 5.74) is 3.28. The molecule has 2 aromatic carbocycles. The van der Waals surface area contributed by atoms with Crippen LogP contribution in [0.3, 0.4) is 0 Å². The molecule has 0 saturated heterocycles. The first-order valence-corrected chi connectivity index (χ1v) is 7.63. The predicted molar refractivity (Wildman–Crippen MR) is 98.1 cm³/mol. The van der Waals surface area contributed by atoms with E-state index in [2.05, 4.69) is 27.2 Å². The van der Waals surface area contributed by atoms with E-state index in [-0.39, 0.29) is 17.8 Å². The van der Waals surface area contributed by atoms with Crippen LogP contribution in [0.4, 0.5) is 11.6 Å². The van der Waals surface area contributed by atoms with Crippen molar-refractivity contribution in [3.8, 4) is 11.1 Å². The van der Waals surface area contributed by atoms with Crippen LogP contribution >= 0.6 is 0 Å². The number of carbonyl (C=O) groups excluding carboxylic acids is 2. The molecular weight excluding hydrogens is 316 g/mol. The summed E-state index contributed by atoms with van der Waals surface area (Å²) in [6.07, 6.45) is 2.89. The van der Waals surface area contributed by atoms with Crippen molar-refractivity contribution in [3.63, 3.8) is 0 Å². The highest BCUT2D eigenvalue weighted by molar-refractivity contribution is 5.99. The van der Waals surface area contributed by atoms with E-state index >= 15 is 0 Å². The second-order valence-electron chi connectivity index (χ2n) is 5.42. The summed E-state index contributed by atoms with van der Waals surface area (Å²) in [6, 6.07) is 13.3. The smallest absolute Gasteiger partial charge is 0.247 e. The van der Waals surface area contributed by atoms with Gasteiger partial charge in [-0.3, -0.25) is 14.9 Å². The van der Waals surface area contributed by atoms with E-state index in [9.17, 15) is 9.59 Å². The molecule has 0 saturated carbocycles. The first kappa shape index (κ1) is 16.3. The summed E-state index contributed by atoms with van der Waals surface area (Å²) in [5.74, 6) is -0.214. The van der Waals surface area contributed by atoms with Gasteiger partial charge in [-0.1, -0.05) is 30.8 Å². The highest BCUT2D eigenvalue weighted by Crippen LogP contribution is 2.26. The molecule has 3 rings (SSSR count). The molecule has 2 amide bonds. The van der Waals surface area contributed by atoms with Crippen LogP contribution in [0.25, 0.3) is 22.0 Å². The SMILES string of the molecule is C=CC(=O)Nc1cccc(-c2ccc3cnc(NC(C)=O)nc3c2)c1. The Balaban J connectivity index is 1.97. The minimum absolute atomic E-state index is 0.221. The lowest BCUT2D eigenvalue weighted by molar-refractivity contribution is -0.114. The number of carbonyl (C=O) groups is 2. The molecule has 0 radical (unpaired) electrons. The average molecular weight is 332 g/mol. The number of hydrogen-bond donors (Lipinski definition) is 2. The minimum Gasteiger partial charge on any atom is -0.323 e. The second-order valence-corrected chi connectivity index (χ2v) is 5.42. The first-order chi connectivity index (χ1) is 12.0. The van der Waals surface area contributed by atoms with Gasteiger partial charge in [0.05, 0.1) is 5.52 Å².